The van der Waals surface area contributed by atoms with Crippen molar-refractivity contribution in [3.8, 4) is 0 Å². The molecule has 2 aromatic heterocycles. The molecule has 0 aliphatic heterocycles. The molecule has 0 spiro atoms. The van der Waals surface area contributed by atoms with Crippen molar-refractivity contribution in [3.63, 3.8) is 0 Å². The number of carbonyl (C=O) groups excluding carboxylic acids is 1. The van der Waals surface area contributed by atoms with Gasteiger partial charge in [0.1, 0.15) is 0 Å². The van der Waals surface area contributed by atoms with Crippen molar-refractivity contribution in [2.75, 3.05) is 0 Å². The summed E-state index contributed by atoms with van der Waals surface area (Å²) in [5, 5.41) is 12.4. The maximum absolute atomic E-state index is 12.8. The summed E-state index contributed by atoms with van der Waals surface area (Å²) >= 11 is 0. The Labute approximate surface area is 168 Å². The maximum Gasteiger partial charge on any atom is 0.314 e. The first-order valence-corrected chi connectivity index (χ1v) is 10.3. The van der Waals surface area contributed by atoms with Crippen LogP contribution >= 0.6 is 0 Å². The highest BCUT2D eigenvalue weighted by atomic mass is 32.2. The molecule has 0 fully saturated rings. The number of nitrogens with one attached hydrogen (secondary N) is 4. The number of hydrogen-bond donors (Lipinski definition) is 4. The van der Waals surface area contributed by atoms with Crippen molar-refractivity contribution < 1.29 is 18.3 Å². The first-order valence-electron chi connectivity index (χ1n) is 8.79. The molecule has 0 radical (unpaired) electrons. The van der Waals surface area contributed by atoms with Gasteiger partial charge in [-0.15, -0.1) is 0 Å². The molecule has 2 heterocycles. The lowest BCUT2D eigenvalue weighted by atomic mass is 10.1. The maximum atomic E-state index is 12.8. The van der Waals surface area contributed by atoms with E-state index in [0.29, 0.717) is 5.56 Å². The van der Waals surface area contributed by atoms with Gasteiger partial charge in [0, 0.05) is 17.1 Å². The molecule has 1 atom stereocenters. The van der Waals surface area contributed by atoms with Gasteiger partial charge in [-0.1, -0.05) is 18.2 Å². The Morgan fingerprint density at radius 1 is 1.00 bits per heavy atom. The number of para-hydroxylation sites is 1. The van der Waals surface area contributed by atoms with Crippen LogP contribution in [0.15, 0.2) is 63.1 Å². The number of fused-ring (bicyclic) bond motifs is 2. The third-order valence-corrected chi connectivity index (χ3v) is 6.15. The summed E-state index contributed by atoms with van der Waals surface area (Å²) in [6.07, 6.45) is 1.48. The predicted molar refractivity (Wildman–Crippen MR) is 106 cm³/mol. The molecule has 4 aromatic rings. The fraction of sp³-hybridized carbons (Fsp3) is 0.105. The van der Waals surface area contributed by atoms with Gasteiger partial charge >= 0.3 is 11.1 Å². The Morgan fingerprint density at radius 2 is 1.70 bits per heavy atom. The highest BCUT2D eigenvalue weighted by Crippen LogP contribution is 2.20. The lowest BCUT2D eigenvalue weighted by molar-refractivity contribution is -0.307. The van der Waals surface area contributed by atoms with Gasteiger partial charge in [-0.3, -0.25) is 9.59 Å². The molecule has 0 bridgehead atoms. The van der Waals surface area contributed by atoms with Crippen LogP contribution in [0.1, 0.15) is 5.56 Å². The van der Waals surface area contributed by atoms with Crippen LogP contribution in [0.4, 0.5) is 0 Å². The van der Waals surface area contributed by atoms with E-state index in [1.54, 1.807) is 18.3 Å². The van der Waals surface area contributed by atoms with E-state index in [2.05, 4.69) is 19.7 Å². The average Bonchev–Trinajstić information content (AvgIpc) is 3.11. The number of aromatic amines is 3. The summed E-state index contributed by atoms with van der Waals surface area (Å²) in [5.41, 5.74) is -0.0790. The molecule has 0 aliphatic rings. The number of carboxylic acids is 1. The van der Waals surface area contributed by atoms with Crippen molar-refractivity contribution in [2.45, 2.75) is 17.4 Å². The predicted octanol–water partition coefficient (Wildman–Crippen LogP) is -0.663. The molecule has 30 heavy (non-hydrogen) atoms. The fourth-order valence-corrected chi connectivity index (χ4v) is 4.42. The van der Waals surface area contributed by atoms with Gasteiger partial charge in [0.25, 0.3) is 0 Å². The number of aromatic nitrogens is 3. The van der Waals surface area contributed by atoms with E-state index in [1.165, 1.54) is 12.1 Å². The topological polar surface area (TPSA) is 168 Å². The highest BCUT2D eigenvalue weighted by molar-refractivity contribution is 7.89. The molecule has 0 aliphatic carbocycles. The summed E-state index contributed by atoms with van der Waals surface area (Å²) in [7, 11) is -4.27. The summed E-state index contributed by atoms with van der Waals surface area (Å²) < 4.78 is 27.7. The zero-order chi connectivity index (χ0) is 21.5. The van der Waals surface area contributed by atoms with Crippen LogP contribution < -0.4 is 20.9 Å². The number of carboxylic acid groups (broad SMARTS) is 1. The highest BCUT2D eigenvalue weighted by Gasteiger charge is 2.23. The number of hydrogen-bond acceptors (Lipinski definition) is 6. The number of aliphatic carboxylic acids is 1. The van der Waals surface area contributed by atoms with Crippen LogP contribution in [0.5, 0.6) is 0 Å². The molecule has 0 amide bonds. The summed E-state index contributed by atoms with van der Waals surface area (Å²) in [6, 6.07) is 9.31. The fourth-order valence-electron chi connectivity index (χ4n) is 3.21. The second-order valence-corrected chi connectivity index (χ2v) is 8.39. The van der Waals surface area contributed by atoms with E-state index in [-0.39, 0.29) is 22.3 Å². The molecule has 0 unspecified atom stereocenters. The molecular formula is C19H15N4O6S-. The Hall–Kier alpha value is -3.70. The molecule has 0 saturated heterocycles. The van der Waals surface area contributed by atoms with Gasteiger partial charge in [0.05, 0.1) is 27.9 Å². The standard InChI is InChI=1S/C19H16N4O6S/c24-17-18(25)22-15-8-11(5-6-14(15)21-17)30(28,29)23-16(19(26)27)7-10-9-20-13-4-2-1-3-12(10)13/h1-6,8-9,16,20,23H,7H2,(H,21,24)(H,22,25)(H,26,27)/p-1/t16-/m0/s1. The van der Waals surface area contributed by atoms with Crippen molar-refractivity contribution in [1.29, 1.82) is 0 Å². The Bertz CT molecular complexity index is 1500. The van der Waals surface area contributed by atoms with E-state index in [9.17, 15) is 27.9 Å². The Kier molecular flexibility index (Phi) is 4.76. The van der Waals surface area contributed by atoms with Gasteiger partial charge < -0.3 is 24.9 Å². The van der Waals surface area contributed by atoms with Gasteiger partial charge in [-0.25, -0.2) is 13.1 Å². The normalized spacial score (nSPS) is 12.9. The largest absolute Gasteiger partial charge is 0.548 e. The molecule has 10 nitrogen and oxygen atoms in total. The number of sulfonamides is 1. The lowest BCUT2D eigenvalue weighted by Crippen LogP contribution is -2.49. The van der Waals surface area contributed by atoms with Crippen LogP contribution in [-0.2, 0) is 21.2 Å². The van der Waals surface area contributed by atoms with E-state index >= 15 is 0 Å². The van der Waals surface area contributed by atoms with Crippen molar-refractivity contribution in [2.24, 2.45) is 0 Å². The molecular weight excluding hydrogens is 412 g/mol. The van der Waals surface area contributed by atoms with E-state index in [4.69, 9.17) is 0 Å². The van der Waals surface area contributed by atoms with Crippen LogP contribution in [0.25, 0.3) is 21.9 Å². The molecule has 2 aromatic carbocycles. The van der Waals surface area contributed by atoms with E-state index in [0.717, 1.165) is 17.0 Å². The van der Waals surface area contributed by atoms with Gasteiger partial charge in [0.2, 0.25) is 10.0 Å². The quantitative estimate of drug-likeness (QED) is 0.298. The molecule has 4 N–H and O–H groups in total. The zero-order valence-electron chi connectivity index (χ0n) is 15.3. The zero-order valence-corrected chi connectivity index (χ0v) is 16.1. The second kappa shape index (κ2) is 7.28. The third-order valence-electron chi connectivity index (χ3n) is 4.68. The Balaban J connectivity index is 1.66. The van der Waals surface area contributed by atoms with Crippen LogP contribution in [-0.4, -0.2) is 35.4 Å². The van der Waals surface area contributed by atoms with E-state index < -0.39 is 33.2 Å². The smallest absolute Gasteiger partial charge is 0.314 e. The monoisotopic (exact) mass is 427 g/mol. The summed E-state index contributed by atoms with van der Waals surface area (Å²) in [5.74, 6) is -1.58. The number of rotatable bonds is 6. The first kappa shape index (κ1) is 19.6. The second-order valence-electron chi connectivity index (χ2n) is 6.67. The van der Waals surface area contributed by atoms with Gasteiger partial charge in [-0.2, -0.15) is 0 Å². The van der Waals surface area contributed by atoms with Crippen LogP contribution in [0.3, 0.4) is 0 Å². The van der Waals surface area contributed by atoms with Gasteiger partial charge in [0.15, 0.2) is 0 Å². The molecule has 11 heteroatoms. The van der Waals surface area contributed by atoms with Crippen LogP contribution in [0.2, 0.25) is 0 Å². The summed E-state index contributed by atoms with van der Waals surface area (Å²) in [6.45, 7) is 0. The molecule has 4 rings (SSSR count). The lowest BCUT2D eigenvalue weighted by Gasteiger charge is -2.19. The molecule has 0 saturated carbocycles. The van der Waals surface area contributed by atoms with Crippen molar-refractivity contribution >= 4 is 37.9 Å². The third kappa shape index (κ3) is 3.63. The minimum atomic E-state index is -4.27. The van der Waals surface area contributed by atoms with Crippen molar-refractivity contribution in [1.82, 2.24) is 19.7 Å². The van der Waals surface area contributed by atoms with E-state index in [1.807, 2.05) is 12.1 Å². The van der Waals surface area contributed by atoms with Gasteiger partial charge in [-0.05, 0) is 36.2 Å². The average molecular weight is 427 g/mol. The Morgan fingerprint density at radius 3 is 2.43 bits per heavy atom. The number of H-pyrrole nitrogens is 3. The SMILES string of the molecule is O=C([O-])[C@H](Cc1c[nH]c2ccccc12)NS(=O)(=O)c1ccc2[nH]c(=O)c(=O)[nH]c2c1. The minimum Gasteiger partial charge on any atom is -0.548 e. The first-order chi connectivity index (χ1) is 14.2. The summed E-state index contributed by atoms with van der Waals surface area (Å²) in [4.78, 5) is 41.8. The van der Waals surface area contributed by atoms with Crippen LogP contribution in [0, 0.1) is 0 Å². The number of benzene rings is 2. The molecule has 154 valence electrons. The minimum absolute atomic E-state index is 0.0871. The van der Waals surface area contributed by atoms with Crippen molar-refractivity contribution in [3.05, 3.63) is 74.9 Å². The number of carbonyl (C=O) groups is 1.